The zero-order valence-electron chi connectivity index (χ0n) is 10.6. The normalized spacial score (nSPS) is 13.8. The smallest absolute Gasteiger partial charge is 0.167 e. The van der Waals surface area contributed by atoms with Crippen LogP contribution in [0.3, 0.4) is 0 Å². The fraction of sp³-hybridized carbons (Fsp3) is 0.188. The predicted molar refractivity (Wildman–Crippen MR) is 74.5 cm³/mol. The number of nitrogens with zero attached hydrogens (tertiary/aromatic N) is 1. The molecule has 0 bridgehead atoms. The minimum Gasteiger partial charge on any atom is -0.364 e. The molecule has 3 aromatic rings. The zero-order chi connectivity index (χ0) is 13.0. The van der Waals surface area contributed by atoms with Crippen molar-refractivity contribution in [1.82, 2.24) is 4.57 Å². The van der Waals surface area contributed by atoms with E-state index in [0.717, 1.165) is 22.2 Å². The van der Waals surface area contributed by atoms with Crippen LogP contribution in [0.1, 0.15) is 15.9 Å². The summed E-state index contributed by atoms with van der Waals surface area (Å²) in [4.78, 5) is 11.6. The summed E-state index contributed by atoms with van der Waals surface area (Å²) in [5.74, 6) is 0.242. The molecular formula is C16H13NO2. The van der Waals surface area contributed by atoms with Gasteiger partial charge in [0, 0.05) is 29.9 Å². The lowest BCUT2D eigenvalue weighted by atomic mass is 9.86. The Morgan fingerprint density at radius 2 is 2.00 bits per heavy atom. The molecule has 2 aromatic carbocycles. The van der Waals surface area contributed by atoms with E-state index in [0.29, 0.717) is 13.2 Å². The van der Waals surface area contributed by atoms with Crippen molar-refractivity contribution in [3.63, 3.8) is 0 Å². The lowest BCUT2D eigenvalue weighted by Gasteiger charge is -2.17. The maximum absolute atomic E-state index is 11.6. The topological polar surface area (TPSA) is 31.2 Å². The van der Waals surface area contributed by atoms with Gasteiger partial charge in [-0.2, -0.15) is 0 Å². The lowest BCUT2D eigenvalue weighted by molar-refractivity contribution is 0.0968. The molecule has 1 aliphatic rings. The number of hydrogen-bond donors (Lipinski definition) is 0. The molecule has 0 saturated carbocycles. The molecule has 0 amide bonds. The van der Waals surface area contributed by atoms with Gasteiger partial charge in [-0.1, -0.05) is 18.2 Å². The molecule has 0 saturated heterocycles. The first-order chi connectivity index (χ1) is 9.29. The Bertz CT molecular complexity index is 829. The van der Waals surface area contributed by atoms with Crippen LogP contribution in [-0.4, -0.2) is 17.5 Å². The van der Waals surface area contributed by atoms with Gasteiger partial charge in [0.1, 0.15) is 6.73 Å². The summed E-state index contributed by atoms with van der Waals surface area (Å²) < 4.78 is 7.42. The van der Waals surface area contributed by atoms with Gasteiger partial charge in [0.25, 0.3) is 0 Å². The Morgan fingerprint density at radius 3 is 2.79 bits per heavy atom. The van der Waals surface area contributed by atoms with Crippen LogP contribution in [0.25, 0.3) is 21.8 Å². The average Bonchev–Trinajstić information content (AvgIpc) is 2.72. The largest absolute Gasteiger partial charge is 0.364 e. The SMILES string of the molecule is COCn1c2ccccc2c2cc3c(cc21)C(=O)C3. The lowest BCUT2D eigenvalue weighted by Crippen LogP contribution is -2.18. The fourth-order valence-electron chi connectivity index (χ4n) is 2.97. The number of ether oxygens (including phenoxy) is 1. The van der Waals surface area contributed by atoms with Crippen LogP contribution in [0.2, 0.25) is 0 Å². The molecule has 0 atom stereocenters. The first-order valence-corrected chi connectivity index (χ1v) is 6.35. The van der Waals surface area contributed by atoms with Crippen LogP contribution in [0.4, 0.5) is 0 Å². The zero-order valence-corrected chi connectivity index (χ0v) is 10.6. The third kappa shape index (κ3) is 1.33. The highest BCUT2D eigenvalue weighted by molar-refractivity contribution is 6.14. The molecular weight excluding hydrogens is 238 g/mol. The number of fused-ring (bicyclic) bond motifs is 4. The van der Waals surface area contributed by atoms with Gasteiger partial charge in [0.15, 0.2) is 5.78 Å². The van der Waals surface area contributed by atoms with E-state index in [2.05, 4.69) is 22.8 Å². The molecule has 0 unspecified atom stereocenters. The minimum atomic E-state index is 0.242. The number of carbonyl (C=O) groups excluding carboxylic acids is 1. The number of Topliss-reactive ketones (excluding diaryl/α,β-unsaturated/α-hetero) is 1. The van der Waals surface area contributed by atoms with Crippen molar-refractivity contribution < 1.29 is 9.53 Å². The fourth-order valence-corrected chi connectivity index (χ4v) is 2.97. The summed E-state index contributed by atoms with van der Waals surface area (Å²) in [6.45, 7) is 0.497. The van der Waals surface area contributed by atoms with Gasteiger partial charge in [-0.25, -0.2) is 0 Å². The summed E-state index contributed by atoms with van der Waals surface area (Å²) >= 11 is 0. The summed E-state index contributed by atoms with van der Waals surface area (Å²) in [6, 6.07) is 12.4. The highest BCUT2D eigenvalue weighted by Crippen LogP contribution is 2.34. The molecule has 1 aromatic heterocycles. The van der Waals surface area contributed by atoms with Crippen LogP contribution >= 0.6 is 0 Å². The Labute approximate surface area is 110 Å². The van der Waals surface area contributed by atoms with Crippen molar-refractivity contribution in [3.05, 3.63) is 47.5 Å². The van der Waals surface area contributed by atoms with Crippen molar-refractivity contribution in [3.8, 4) is 0 Å². The highest BCUT2D eigenvalue weighted by Gasteiger charge is 2.25. The van der Waals surface area contributed by atoms with E-state index >= 15 is 0 Å². The first kappa shape index (κ1) is 10.8. The first-order valence-electron chi connectivity index (χ1n) is 6.35. The van der Waals surface area contributed by atoms with Gasteiger partial charge in [0.2, 0.25) is 0 Å². The molecule has 0 spiro atoms. The predicted octanol–water partition coefficient (Wildman–Crippen LogP) is 3.14. The Balaban J connectivity index is 2.16. The second-order valence-electron chi connectivity index (χ2n) is 4.99. The summed E-state index contributed by atoms with van der Waals surface area (Å²) in [7, 11) is 1.69. The van der Waals surface area contributed by atoms with Crippen LogP contribution in [0.15, 0.2) is 36.4 Å². The van der Waals surface area contributed by atoms with Crippen molar-refractivity contribution >= 4 is 27.6 Å². The van der Waals surface area contributed by atoms with E-state index in [1.165, 1.54) is 10.8 Å². The molecule has 19 heavy (non-hydrogen) atoms. The number of benzene rings is 2. The molecule has 0 aliphatic heterocycles. The number of ketones is 1. The van der Waals surface area contributed by atoms with Gasteiger partial charge in [-0.3, -0.25) is 4.79 Å². The highest BCUT2D eigenvalue weighted by atomic mass is 16.5. The Morgan fingerprint density at radius 1 is 1.16 bits per heavy atom. The van der Waals surface area contributed by atoms with E-state index in [1.54, 1.807) is 7.11 Å². The molecule has 0 N–H and O–H groups in total. The van der Waals surface area contributed by atoms with E-state index in [-0.39, 0.29) is 5.78 Å². The molecule has 0 radical (unpaired) electrons. The maximum Gasteiger partial charge on any atom is 0.167 e. The second-order valence-corrected chi connectivity index (χ2v) is 4.99. The van der Waals surface area contributed by atoms with E-state index in [4.69, 9.17) is 4.74 Å². The summed E-state index contributed by atoms with van der Waals surface area (Å²) in [6.07, 6.45) is 0.578. The molecule has 4 rings (SSSR count). The molecule has 3 heteroatoms. The van der Waals surface area contributed by atoms with Crippen molar-refractivity contribution in [2.75, 3.05) is 7.11 Å². The van der Waals surface area contributed by atoms with Crippen LogP contribution in [-0.2, 0) is 17.9 Å². The number of carbonyl (C=O) groups is 1. The molecule has 1 aliphatic carbocycles. The number of para-hydroxylation sites is 1. The van der Waals surface area contributed by atoms with Gasteiger partial charge in [-0.05, 0) is 23.8 Å². The Kier molecular flexibility index (Phi) is 2.09. The van der Waals surface area contributed by atoms with Crippen LogP contribution < -0.4 is 0 Å². The molecule has 94 valence electrons. The number of aromatic nitrogens is 1. The van der Waals surface area contributed by atoms with Crippen LogP contribution in [0.5, 0.6) is 0 Å². The van der Waals surface area contributed by atoms with Crippen LogP contribution in [0, 0.1) is 0 Å². The van der Waals surface area contributed by atoms with Gasteiger partial charge >= 0.3 is 0 Å². The van der Waals surface area contributed by atoms with E-state index < -0.39 is 0 Å². The molecule has 1 heterocycles. The maximum atomic E-state index is 11.6. The van der Waals surface area contributed by atoms with Crippen molar-refractivity contribution in [2.24, 2.45) is 0 Å². The quantitative estimate of drug-likeness (QED) is 0.700. The molecule has 0 fully saturated rings. The van der Waals surface area contributed by atoms with Crippen molar-refractivity contribution in [2.45, 2.75) is 13.2 Å². The third-order valence-electron chi connectivity index (χ3n) is 3.91. The standard InChI is InChI=1S/C16H13NO2/c1-19-9-17-14-5-3-2-4-11(14)13-6-10-7-16(18)12(10)8-15(13)17/h2-6,8H,7,9H2,1H3. The van der Waals surface area contributed by atoms with Gasteiger partial charge in [-0.15, -0.1) is 0 Å². The number of hydrogen-bond acceptors (Lipinski definition) is 2. The second kappa shape index (κ2) is 3.68. The van der Waals surface area contributed by atoms with Gasteiger partial charge < -0.3 is 9.30 Å². The summed E-state index contributed by atoms with van der Waals surface area (Å²) in [5, 5.41) is 2.43. The summed E-state index contributed by atoms with van der Waals surface area (Å²) in [5.41, 5.74) is 4.26. The number of rotatable bonds is 2. The average molecular weight is 251 g/mol. The van der Waals surface area contributed by atoms with E-state index in [9.17, 15) is 4.79 Å². The monoisotopic (exact) mass is 251 g/mol. The van der Waals surface area contributed by atoms with Crippen molar-refractivity contribution in [1.29, 1.82) is 0 Å². The molecule has 3 nitrogen and oxygen atoms in total. The minimum absolute atomic E-state index is 0.242. The third-order valence-corrected chi connectivity index (χ3v) is 3.91. The number of methoxy groups -OCH3 is 1. The Hall–Kier alpha value is -2.13. The van der Waals surface area contributed by atoms with E-state index in [1.807, 2.05) is 18.2 Å². The van der Waals surface area contributed by atoms with Gasteiger partial charge in [0.05, 0.1) is 11.0 Å².